The van der Waals surface area contributed by atoms with E-state index < -0.39 is 5.54 Å². The third-order valence-corrected chi connectivity index (χ3v) is 4.12. The number of hydrogen-bond donors (Lipinski definition) is 2. The van der Waals surface area contributed by atoms with Crippen LogP contribution in [-0.2, 0) is 11.3 Å². The molecule has 0 aliphatic heterocycles. The normalized spacial score (nSPS) is 16.9. The number of aryl methyl sites for hydroxylation is 1. The number of ether oxygens (including phenoxy) is 1. The van der Waals surface area contributed by atoms with Crippen LogP contribution in [0.5, 0.6) is 5.75 Å². The Bertz CT molecular complexity index is 522. The first-order valence-electron chi connectivity index (χ1n) is 8.22. The molecule has 4 heteroatoms. The third kappa shape index (κ3) is 4.73. The maximum Gasteiger partial charge on any atom is 0.240 e. The van der Waals surface area contributed by atoms with Crippen molar-refractivity contribution in [3.05, 3.63) is 29.3 Å². The number of benzene rings is 1. The highest BCUT2D eigenvalue weighted by Crippen LogP contribution is 2.30. The zero-order valence-corrected chi connectivity index (χ0v) is 13.9. The molecule has 1 aromatic carbocycles. The van der Waals surface area contributed by atoms with E-state index in [0.29, 0.717) is 18.9 Å². The Hall–Kier alpha value is -1.55. The molecule has 0 heterocycles. The average Bonchev–Trinajstić information content (AvgIpc) is 3.27. The Balaban J connectivity index is 1.97. The maximum absolute atomic E-state index is 12.2. The first-order chi connectivity index (χ1) is 10.4. The highest BCUT2D eigenvalue weighted by atomic mass is 16.5. The van der Waals surface area contributed by atoms with Gasteiger partial charge in [-0.1, -0.05) is 25.5 Å². The quantitative estimate of drug-likeness (QED) is 0.776. The highest BCUT2D eigenvalue weighted by Gasteiger charge is 2.27. The number of amides is 1. The molecular weight excluding hydrogens is 276 g/mol. The molecule has 1 amide bonds. The van der Waals surface area contributed by atoms with Crippen LogP contribution < -0.4 is 15.8 Å². The fraction of sp³-hybridized carbons (Fsp3) is 0.611. The summed E-state index contributed by atoms with van der Waals surface area (Å²) in [4.78, 5) is 12.2. The highest BCUT2D eigenvalue weighted by molar-refractivity contribution is 5.85. The number of carbonyl (C=O) groups is 1. The number of rotatable bonds is 8. The number of nitrogens with one attached hydrogen (secondary N) is 1. The largest absolute Gasteiger partial charge is 0.493 e. The van der Waals surface area contributed by atoms with Crippen LogP contribution in [-0.4, -0.2) is 18.1 Å². The van der Waals surface area contributed by atoms with Gasteiger partial charge in [-0.25, -0.2) is 0 Å². The fourth-order valence-corrected chi connectivity index (χ4v) is 2.44. The first kappa shape index (κ1) is 16.8. The number of hydrogen-bond acceptors (Lipinski definition) is 3. The Morgan fingerprint density at radius 2 is 2.18 bits per heavy atom. The van der Waals surface area contributed by atoms with E-state index in [9.17, 15) is 4.79 Å². The van der Waals surface area contributed by atoms with Crippen molar-refractivity contribution in [1.82, 2.24) is 5.32 Å². The lowest BCUT2D eigenvalue weighted by Gasteiger charge is -2.23. The van der Waals surface area contributed by atoms with Crippen LogP contribution in [0.15, 0.2) is 18.2 Å². The van der Waals surface area contributed by atoms with E-state index in [0.717, 1.165) is 29.9 Å². The molecule has 1 fully saturated rings. The minimum absolute atomic E-state index is 0.108. The molecule has 1 saturated carbocycles. The zero-order valence-electron chi connectivity index (χ0n) is 13.9. The van der Waals surface area contributed by atoms with Crippen molar-refractivity contribution in [3.63, 3.8) is 0 Å². The van der Waals surface area contributed by atoms with Gasteiger partial charge in [0, 0.05) is 12.1 Å². The Kier molecular flexibility index (Phi) is 5.46. The summed E-state index contributed by atoms with van der Waals surface area (Å²) in [7, 11) is 0. The van der Waals surface area contributed by atoms with Crippen LogP contribution in [0.1, 0.15) is 50.7 Å². The predicted octanol–water partition coefficient (Wildman–Crippen LogP) is 2.92. The summed E-state index contributed by atoms with van der Waals surface area (Å²) in [6, 6.07) is 6.10. The molecule has 1 unspecified atom stereocenters. The van der Waals surface area contributed by atoms with Gasteiger partial charge in [0.15, 0.2) is 0 Å². The molecule has 0 saturated heterocycles. The van der Waals surface area contributed by atoms with Crippen molar-refractivity contribution in [3.8, 4) is 5.75 Å². The fourth-order valence-electron chi connectivity index (χ4n) is 2.44. The summed E-state index contributed by atoms with van der Waals surface area (Å²) in [6.45, 7) is 7.09. The molecule has 2 rings (SSSR count). The summed E-state index contributed by atoms with van der Waals surface area (Å²) >= 11 is 0. The second kappa shape index (κ2) is 7.14. The van der Waals surface area contributed by atoms with Crippen LogP contribution in [0, 0.1) is 12.8 Å². The molecule has 0 radical (unpaired) electrons. The molecule has 122 valence electrons. The van der Waals surface area contributed by atoms with Gasteiger partial charge in [-0.2, -0.15) is 0 Å². The number of nitrogens with two attached hydrogens (primary N) is 1. The van der Waals surface area contributed by atoms with Crippen molar-refractivity contribution >= 4 is 5.91 Å². The Morgan fingerprint density at radius 1 is 1.45 bits per heavy atom. The van der Waals surface area contributed by atoms with Gasteiger partial charge in [-0.05, 0) is 50.7 Å². The molecule has 22 heavy (non-hydrogen) atoms. The lowest BCUT2D eigenvalue weighted by atomic mass is 9.96. The minimum atomic E-state index is -0.811. The van der Waals surface area contributed by atoms with E-state index >= 15 is 0 Å². The molecule has 3 N–H and O–H groups in total. The SMILES string of the molecule is CCCC(C)(N)C(=O)NCc1ccc(C)cc1OCC1CC1. The van der Waals surface area contributed by atoms with Crippen molar-refractivity contribution in [2.45, 2.75) is 58.5 Å². The smallest absolute Gasteiger partial charge is 0.240 e. The van der Waals surface area contributed by atoms with E-state index in [2.05, 4.69) is 5.32 Å². The molecule has 0 spiro atoms. The van der Waals surface area contributed by atoms with Crippen molar-refractivity contribution in [2.75, 3.05) is 6.61 Å². The molecule has 0 aromatic heterocycles. The number of carbonyl (C=O) groups excluding carboxylic acids is 1. The lowest BCUT2D eigenvalue weighted by Crippen LogP contribution is -2.51. The standard InChI is InChI=1S/C18H28N2O2/c1-4-9-18(3,19)17(21)20-11-15-8-5-13(2)10-16(15)22-12-14-6-7-14/h5,8,10,14H,4,6-7,9,11-12,19H2,1-3H3,(H,20,21). The molecule has 1 aliphatic carbocycles. The summed E-state index contributed by atoms with van der Waals surface area (Å²) in [5.74, 6) is 1.48. The van der Waals surface area contributed by atoms with Crippen molar-refractivity contribution in [2.24, 2.45) is 11.7 Å². The molecule has 0 bridgehead atoms. The third-order valence-electron chi connectivity index (χ3n) is 4.12. The van der Waals surface area contributed by atoms with Crippen LogP contribution in [0.4, 0.5) is 0 Å². The predicted molar refractivity (Wildman–Crippen MR) is 88.7 cm³/mol. The van der Waals surface area contributed by atoms with Crippen LogP contribution in [0.25, 0.3) is 0 Å². The van der Waals surface area contributed by atoms with Gasteiger partial charge >= 0.3 is 0 Å². The van der Waals surface area contributed by atoms with Gasteiger partial charge in [-0.3, -0.25) is 4.79 Å². The lowest BCUT2D eigenvalue weighted by molar-refractivity contribution is -0.126. The zero-order chi connectivity index (χ0) is 16.2. The molecular formula is C18H28N2O2. The van der Waals surface area contributed by atoms with Gasteiger partial charge in [0.05, 0.1) is 12.1 Å². The summed E-state index contributed by atoms with van der Waals surface area (Å²) in [5.41, 5.74) is 7.42. The summed E-state index contributed by atoms with van der Waals surface area (Å²) < 4.78 is 5.92. The van der Waals surface area contributed by atoms with Crippen LogP contribution in [0.2, 0.25) is 0 Å². The second-order valence-corrected chi connectivity index (χ2v) is 6.72. The molecule has 1 atom stereocenters. The minimum Gasteiger partial charge on any atom is -0.493 e. The summed E-state index contributed by atoms with van der Waals surface area (Å²) in [5, 5.41) is 2.94. The van der Waals surface area contributed by atoms with Crippen molar-refractivity contribution < 1.29 is 9.53 Å². The average molecular weight is 304 g/mol. The van der Waals surface area contributed by atoms with Gasteiger partial charge in [-0.15, -0.1) is 0 Å². The van der Waals surface area contributed by atoms with E-state index in [4.69, 9.17) is 10.5 Å². The van der Waals surface area contributed by atoms with Gasteiger partial charge < -0.3 is 15.8 Å². The Labute approximate surface area is 133 Å². The van der Waals surface area contributed by atoms with E-state index in [1.54, 1.807) is 6.92 Å². The second-order valence-electron chi connectivity index (χ2n) is 6.72. The van der Waals surface area contributed by atoms with E-state index in [1.165, 1.54) is 12.8 Å². The van der Waals surface area contributed by atoms with Crippen LogP contribution in [0.3, 0.4) is 0 Å². The van der Waals surface area contributed by atoms with E-state index in [1.807, 2.05) is 32.0 Å². The van der Waals surface area contributed by atoms with Crippen molar-refractivity contribution in [1.29, 1.82) is 0 Å². The first-order valence-corrected chi connectivity index (χ1v) is 8.22. The monoisotopic (exact) mass is 304 g/mol. The van der Waals surface area contributed by atoms with Gasteiger partial charge in [0.25, 0.3) is 0 Å². The Morgan fingerprint density at radius 3 is 2.82 bits per heavy atom. The molecule has 1 aromatic rings. The molecule has 1 aliphatic rings. The van der Waals surface area contributed by atoms with Gasteiger partial charge in [0.2, 0.25) is 5.91 Å². The molecule has 4 nitrogen and oxygen atoms in total. The maximum atomic E-state index is 12.2. The van der Waals surface area contributed by atoms with E-state index in [-0.39, 0.29) is 5.91 Å². The van der Waals surface area contributed by atoms with Crippen LogP contribution >= 0.6 is 0 Å². The summed E-state index contributed by atoms with van der Waals surface area (Å²) in [6.07, 6.45) is 4.10. The topological polar surface area (TPSA) is 64.4 Å². The van der Waals surface area contributed by atoms with Gasteiger partial charge in [0.1, 0.15) is 5.75 Å².